The standard InChI is InChI=1S/C18H23N3O2S/c1-11-6-14(20-23-11)8-21-5-4-13-7-16(22-17(13)9-21)18-19-15(10-24-18)12-2-3-12/h6,10,12-13,16-17H,2-5,7-9H2,1H3/t13-,16+,17+/m1/s1. The molecule has 3 aliphatic rings. The van der Waals surface area contributed by atoms with Crippen LogP contribution in [0.2, 0.25) is 0 Å². The molecule has 0 amide bonds. The third-order valence-electron chi connectivity index (χ3n) is 5.51. The molecule has 0 radical (unpaired) electrons. The van der Waals surface area contributed by atoms with Gasteiger partial charge in [-0.1, -0.05) is 5.16 Å². The van der Waals surface area contributed by atoms with E-state index in [1.54, 1.807) is 11.3 Å². The van der Waals surface area contributed by atoms with Gasteiger partial charge in [-0.15, -0.1) is 11.3 Å². The van der Waals surface area contributed by atoms with Crippen LogP contribution in [0.15, 0.2) is 16.0 Å². The number of likely N-dealkylation sites (tertiary alicyclic amines) is 1. The van der Waals surface area contributed by atoms with Gasteiger partial charge in [-0.3, -0.25) is 4.90 Å². The highest BCUT2D eigenvalue weighted by atomic mass is 32.1. The van der Waals surface area contributed by atoms with Crippen LogP contribution in [0.25, 0.3) is 0 Å². The smallest absolute Gasteiger partial charge is 0.133 e. The van der Waals surface area contributed by atoms with Gasteiger partial charge in [-0.2, -0.15) is 0 Å². The van der Waals surface area contributed by atoms with Crippen molar-refractivity contribution in [3.05, 3.63) is 33.6 Å². The quantitative estimate of drug-likeness (QED) is 0.846. The molecule has 3 atom stereocenters. The van der Waals surface area contributed by atoms with Gasteiger partial charge in [0.1, 0.15) is 16.9 Å². The number of aromatic nitrogens is 2. The van der Waals surface area contributed by atoms with E-state index in [0.717, 1.165) is 43.4 Å². The Morgan fingerprint density at radius 2 is 2.25 bits per heavy atom. The van der Waals surface area contributed by atoms with Crippen LogP contribution in [0.5, 0.6) is 0 Å². The van der Waals surface area contributed by atoms with Crippen LogP contribution < -0.4 is 0 Å². The molecule has 0 N–H and O–H groups in total. The van der Waals surface area contributed by atoms with Crippen molar-refractivity contribution in [2.75, 3.05) is 13.1 Å². The minimum atomic E-state index is 0.215. The van der Waals surface area contributed by atoms with Gasteiger partial charge in [0.25, 0.3) is 0 Å². The van der Waals surface area contributed by atoms with Gasteiger partial charge in [0.2, 0.25) is 0 Å². The van der Waals surface area contributed by atoms with Gasteiger partial charge < -0.3 is 9.26 Å². The monoisotopic (exact) mass is 345 g/mol. The lowest BCUT2D eigenvalue weighted by Crippen LogP contribution is -2.41. The zero-order valence-corrected chi connectivity index (χ0v) is 14.8. The molecule has 0 bridgehead atoms. The summed E-state index contributed by atoms with van der Waals surface area (Å²) in [6.45, 7) is 4.91. The van der Waals surface area contributed by atoms with E-state index in [-0.39, 0.29) is 6.10 Å². The summed E-state index contributed by atoms with van der Waals surface area (Å²) in [6.07, 6.45) is 5.53. The predicted octanol–water partition coefficient (Wildman–Crippen LogP) is 3.67. The number of ether oxygens (including phenoxy) is 1. The largest absolute Gasteiger partial charge is 0.366 e. The summed E-state index contributed by atoms with van der Waals surface area (Å²) in [5, 5.41) is 7.56. The van der Waals surface area contributed by atoms with Gasteiger partial charge in [0.15, 0.2) is 0 Å². The average Bonchev–Trinajstić information content (AvgIpc) is 2.98. The first kappa shape index (κ1) is 15.0. The van der Waals surface area contributed by atoms with Crippen molar-refractivity contribution in [3.8, 4) is 0 Å². The lowest BCUT2D eigenvalue weighted by atomic mass is 9.92. The number of nitrogens with zero attached hydrogens (tertiary/aromatic N) is 3. The van der Waals surface area contributed by atoms with E-state index in [1.807, 2.05) is 13.0 Å². The maximum Gasteiger partial charge on any atom is 0.133 e. The van der Waals surface area contributed by atoms with Crippen molar-refractivity contribution in [3.63, 3.8) is 0 Å². The third-order valence-corrected chi connectivity index (χ3v) is 6.46. The van der Waals surface area contributed by atoms with Gasteiger partial charge in [0, 0.05) is 30.5 Å². The van der Waals surface area contributed by atoms with Crippen LogP contribution in [0.1, 0.15) is 59.9 Å². The average molecular weight is 345 g/mol. The molecule has 2 aromatic heterocycles. The second-order valence-corrected chi connectivity index (χ2v) is 8.39. The normalized spacial score (nSPS) is 30.6. The van der Waals surface area contributed by atoms with Crippen molar-refractivity contribution >= 4 is 11.3 Å². The molecule has 128 valence electrons. The van der Waals surface area contributed by atoms with Crippen LogP contribution in [0, 0.1) is 12.8 Å². The molecule has 1 aliphatic carbocycles. The maximum absolute atomic E-state index is 6.40. The molecule has 2 saturated heterocycles. The number of fused-ring (bicyclic) bond motifs is 1. The van der Waals surface area contributed by atoms with Gasteiger partial charge in [-0.25, -0.2) is 4.98 Å². The SMILES string of the molecule is Cc1cc(CN2CC[C@@H]3C[C@@H](c4nc(C5CC5)cs4)O[C@H]3C2)no1. The minimum absolute atomic E-state index is 0.215. The Hall–Kier alpha value is -1.24. The molecular formula is C18H23N3O2S. The topological polar surface area (TPSA) is 51.4 Å². The molecule has 2 aromatic rings. The van der Waals surface area contributed by atoms with Crippen LogP contribution in [0.4, 0.5) is 0 Å². The van der Waals surface area contributed by atoms with Crippen molar-refractivity contribution < 1.29 is 9.26 Å². The summed E-state index contributed by atoms with van der Waals surface area (Å²) in [7, 11) is 0. The zero-order valence-electron chi connectivity index (χ0n) is 14.0. The summed E-state index contributed by atoms with van der Waals surface area (Å²) in [5.41, 5.74) is 2.32. The molecule has 0 spiro atoms. The Balaban J connectivity index is 1.22. The molecule has 2 aliphatic heterocycles. The van der Waals surface area contributed by atoms with E-state index < -0.39 is 0 Å². The first-order chi connectivity index (χ1) is 11.7. The van der Waals surface area contributed by atoms with Crippen LogP contribution >= 0.6 is 11.3 Å². The Morgan fingerprint density at radius 3 is 3.04 bits per heavy atom. The Kier molecular flexibility index (Phi) is 3.72. The highest BCUT2D eigenvalue weighted by Crippen LogP contribution is 2.45. The fourth-order valence-corrected chi connectivity index (χ4v) is 4.98. The van der Waals surface area contributed by atoms with E-state index in [1.165, 1.54) is 30.0 Å². The molecular weight excluding hydrogens is 322 g/mol. The molecule has 0 unspecified atom stereocenters. The minimum Gasteiger partial charge on any atom is -0.366 e. The highest BCUT2D eigenvalue weighted by molar-refractivity contribution is 7.09. The Morgan fingerprint density at radius 1 is 1.33 bits per heavy atom. The summed E-state index contributed by atoms with van der Waals surface area (Å²) < 4.78 is 11.6. The van der Waals surface area contributed by atoms with E-state index in [4.69, 9.17) is 14.2 Å². The van der Waals surface area contributed by atoms with Gasteiger partial charge in [-0.05, 0) is 45.1 Å². The molecule has 5 rings (SSSR count). The number of hydrogen-bond donors (Lipinski definition) is 0. The zero-order chi connectivity index (χ0) is 16.1. The number of thiazole rings is 1. The first-order valence-corrected chi connectivity index (χ1v) is 9.88. The van der Waals surface area contributed by atoms with Crippen LogP contribution in [-0.4, -0.2) is 34.2 Å². The molecule has 3 fully saturated rings. The third kappa shape index (κ3) is 2.91. The summed E-state index contributed by atoms with van der Waals surface area (Å²) in [6, 6.07) is 2.03. The van der Waals surface area contributed by atoms with Crippen molar-refractivity contribution in [2.45, 2.75) is 57.3 Å². The summed E-state index contributed by atoms with van der Waals surface area (Å²) in [4.78, 5) is 7.30. The second kappa shape index (κ2) is 5.93. The van der Waals surface area contributed by atoms with E-state index >= 15 is 0 Å². The fraction of sp³-hybridized carbons (Fsp3) is 0.667. The number of hydrogen-bond acceptors (Lipinski definition) is 6. The lowest BCUT2D eigenvalue weighted by Gasteiger charge is -2.33. The van der Waals surface area contributed by atoms with Gasteiger partial charge in [0.05, 0.1) is 17.5 Å². The number of rotatable bonds is 4. The highest BCUT2D eigenvalue weighted by Gasteiger charge is 2.41. The number of piperidine rings is 1. The molecule has 4 heterocycles. The number of aryl methyl sites for hydroxylation is 1. The molecule has 1 saturated carbocycles. The first-order valence-electron chi connectivity index (χ1n) is 9.00. The Bertz CT molecular complexity index is 723. The van der Waals surface area contributed by atoms with Crippen LogP contribution in [-0.2, 0) is 11.3 Å². The van der Waals surface area contributed by atoms with Crippen molar-refractivity contribution in [2.24, 2.45) is 5.92 Å². The van der Waals surface area contributed by atoms with Crippen molar-refractivity contribution in [1.82, 2.24) is 15.0 Å². The maximum atomic E-state index is 6.40. The summed E-state index contributed by atoms with van der Waals surface area (Å²) in [5.74, 6) is 2.30. The summed E-state index contributed by atoms with van der Waals surface area (Å²) >= 11 is 1.79. The molecule has 24 heavy (non-hydrogen) atoms. The van der Waals surface area contributed by atoms with Crippen molar-refractivity contribution in [1.29, 1.82) is 0 Å². The molecule has 5 nitrogen and oxygen atoms in total. The molecule has 0 aromatic carbocycles. The Labute approximate surface area is 146 Å². The fourth-order valence-electron chi connectivity index (χ4n) is 4.03. The molecule has 6 heteroatoms. The van der Waals surface area contributed by atoms with E-state index in [0.29, 0.717) is 12.0 Å². The van der Waals surface area contributed by atoms with Gasteiger partial charge >= 0.3 is 0 Å². The lowest BCUT2D eigenvalue weighted by molar-refractivity contribution is -0.00987. The second-order valence-electron chi connectivity index (χ2n) is 7.50. The predicted molar refractivity (Wildman–Crippen MR) is 90.9 cm³/mol. The van der Waals surface area contributed by atoms with E-state index in [9.17, 15) is 0 Å². The van der Waals surface area contributed by atoms with E-state index in [2.05, 4.69) is 15.4 Å². The van der Waals surface area contributed by atoms with Crippen LogP contribution in [0.3, 0.4) is 0 Å².